The average Bonchev–Trinajstić information content (AvgIpc) is 2.98. The van der Waals surface area contributed by atoms with Crippen LogP contribution in [0.15, 0.2) is 29.2 Å². The Morgan fingerprint density at radius 3 is 2.75 bits per heavy atom. The van der Waals surface area contributed by atoms with Gasteiger partial charge >= 0.3 is 0 Å². The van der Waals surface area contributed by atoms with E-state index in [0.29, 0.717) is 16.3 Å². The molecule has 0 radical (unpaired) electrons. The first-order chi connectivity index (χ1) is 11.5. The summed E-state index contributed by atoms with van der Waals surface area (Å²) in [7, 11) is -3.56. The Bertz CT molecular complexity index is 870. The van der Waals surface area contributed by atoms with E-state index in [9.17, 15) is 13.2 Å². The molecule has 24 heavy (non-hydrogen) atoms. The van der Waals surface area contributed by atoms with Gasteiger partial charge in [-0.15, -0.1) is 11.3 Å². The number of hydrogen-bond acceptors (Lipinski definition) is 5. The number of nitrogens with zero attached hydrogens (tertiary/aromatic N) is 1. The molecule has 1 aromatic carbocycles. The second kappa shape index (κ2) is 6.62. The monoisotopic (exact) mass is 365 g/mol. The Hall–Kier alpha value is -1.77. The van der Waals surface area contributed by atoms with Crippen LogP contribution in [0, 0.1) is 0 Å². The molecule has 2 N–H and O–H groups in total. The van der Waals surface area contributed by atoms with Gasteiger partial charge in [-0.3, -0.25) is 4.79 Å². The average molecular weight is 365 g/mol. The number of aromatic nitrogens is 1. The summed E-state index contributed by atoms with van der Waals surface area (Å²) in [5, 5.41) is 3.33. The molecule has 0 unspecified atom stereocenters. The van der Waals surface area contributed by atoms with Crippen molar-refractivity contribution in [3.8, 4) is 11.3 Å². The summed E-state index contributed by atoms with van der Waals surface area (Å²) >= 11 is 1.23. The van der Waals surface area contributed by atoms with Crippen molar-refractivity contribution in [1.29, 1.82) is 0 Å². The van der Waals surface area contributed by atoms with Gasteiger partial charge in [-0.05, 0) is 18.9 Å². The second-order valence-corrected chi connectivity index (χ2v) is 8.42. The van der Waals surface area contributed by atoms with Crippen LogP contribution in [0.2, 0.25) is 0 Å². The Labute approximate surface area is 145 Å². The molecule has 3 rings (SSSR count). The lowest BCUT2D eigenvalue weighted by Crippen LogP contribution is -2.33. The predicted molar refractivity (Wildman–Crippen MR) is 93.4 cm³/mol. The number of rotatable bonds is 4. The van der Waals surface area contributed by atoms with Gasteiger partial charge in [0.25, 0.3) is 5.91 Å². The van der Waals surface area contributed by atoms with E-state index in [4.69, 9.17) is 0 Å². The highest BCUT2D eigenvalue weighted by molar-refractivity contribution is 7.89. The summed E-state index contributed by atoms with van der Waals surface area (Å²) in [6.07, 6.45) is 1.71. The Morgan fingerprint density at radius 1 is 1.33 bits per heavy atom. The zero-order chi connectivity index (χ0) is 17.3. The summed E-state index contributed by atoms with van der Waals surface area (Å²) in [6, 6.07) is 6.84. The highest BCUT2D eigenvalue weighted by Crippen LogP contribution is 2.35. The Morgan fingerprint density at radius 2 is 2.04 bits per heavy atom. The highest BCUT2D eigenvalue weighted by atomic mass is 32.2. The SMILES string of the molecule is CCC(CC)NC(=O)c1nc2c(s1)CNS(=O)(=O)c1ccccc1-2. The summed E-state index contributed by atoms with van der Waals surface area (Å²) in [5.41, 5.74) is 1.11. The van der Waals surface area contributed by atoms with Crippen molar-refractivity contribution in [2.75, 3.05) is 0 Å². The number of thiazole rings is 1. The van der Waals surface area contributed by atoms with Crippen molar-refractivity contribution in [2.45, 2.75) is 44.2 Å². The number of carbonyl (C=O) groups is 1. The van der Waals surface area contributed by atoms with Crippen LogP contribution in [-0.4, -0.2) is 25.4 Å². The van der Waals surface area contributed by atoms with Gasteiger partial charge in [0, 0.05) is 23.0 Å². The van der Waals surface area contributed by atoms with E-state index < -0.39 is 10.0 Å². The van der Waals surface area contributed by atoms with Crippen LogP contribution < -0.4 is 10.0 Å². The van der Waals surface area contributed by atoms with Crippen molar-refractivity contribution in [3.05, 3.63) is 34.2 Å². The first-order valence-electron chi connectivity index (χ1n) is 7.86. The summed E-state index contributed by atoms with van der Waals surface area (Å²) in [4.78, 5) is 17.8. The third-order valence-corrected chi connectivity index (χ3v) is 6.58. The maximum absolute atomic E-state index is 12.4. The minimum atomic E-state index is -3.56. The summed E-state index contributed by atoms with van der Waals surface area (Å²) in [5.74, 6) is -0.206. The van der Waals surface area contributed by atoms with Crippen molar-refractivity contribution >= 4 is 27.3 Å². The lowest BCUT2D eigenvalue weighted by molar-refractivity contribution is 0.0934. The molecule has 2 heterocycles. The number of amides is 1. The van der Waals surface area contributed by atoms with Gasteiger partial charge in [0.15, 0.2) is 5.01 Å². The molecule has 0 aliphatic carbocycles. The third-order valence-electron chi connectivity index (χ3n) is 4.07. The molecule has 1 amide bonds. The molecule has 0 atom stereocenters. The largest absolute Gasteiger partial charge is 0.347 e. The van der Waals surface area contributed by atoms with Gasteiger partial charge in [-0.25, -0.2) is 18.1 Å². The molecule has 6 nitrogen and oxygen atoms in total. The van der Waals surface area contributed by atoms with Crippen LogP contribution in [0.5, 0.6) is 0 Å². The minimum Gasteiger partial charge on any atom is -0.347 e. The Kier molecular flexibility index (Phi) is 4.71. The van der Waals surface area contributed by atoms with Gasteiger partial charge in [-0.1, -0.05) is 32.0 Å². The second-order valence-electron chi connectivity index (χ2n) is 5.60. The molecule has 2 aromatic rings. The van der Waals surface area contributed by atoms with Crippen LogP contribution in [0.1, 0.15) is 41.4 Å². The van der Waals surface area contributed by atoms with Crippen molar-refractivity contribution in [1.82, 2.24) is 15.0 Å². The zero-order valence-electron chi connectivity index (χ0n) is 13.5. The number of fused-ring (bicyclic) bond motifs is 3. The minimum absolute atomic E-state index is 0.118. The summed E-state index contributed by atoms with van der Waals surface area (Å²) in [6.45, 7) is 4.19. The smallest absolute Gasteiger partial charge is 0.280 e. The van der Waals surface area contributed by atoms with Crippen molar-refractivity contribution in [3.63, 3.8) is 0 Å². The van der Waals surface area contributed by atoms with Crippen LogP contribution >= 0.6 is 11.3 Å². The van der Waals surface area contributed by atoms with E-state index in [2.05, 4.69) is 15.0 Å². The molecular weight excluding hydrogens is 346 g/mol. The predicted octanol–water partition coefficient (Wildman–Crippen LogP) is 2.52. The molecule has 0 bridgehead atoms. The molecule has 1 aliphatic rings. The Balaban J connectivity index is 2.01. The van der Waals surface area contributed by atoms with E-state index in [1.807, 2.05) is 13.8 Å². The topological polar surface area (TPSA) is 88.2 Å². The molecular formula is C16H19N3O3S2. The molecule has 128 valence electrons. The first kappa shape index (κ1) is 17.1. The van der Waals surface area contributed by atoms with Gasteiger partial charge < -0.3 is 5.32 Å². The molecule has 0 spiro atoms. The maximum atomic E-state index is 12.4. The van der Waals surface area contributed by atoms with Gasteiger partial charge in [0.2, 0.25) is 10.0 Å². The highest BCUT2D eigenvalue weighted by Gasteiger charge is 2.28. The van der Waals surface area contributed by atoms with Crippen molar-refractivity contribution in [2.24, 2.45) is 0 Å². The molecule has 0 saturated heterocycles. The number of carbonyl (C=O) groups excluding carboxylic acids is 1. The van der Waals surface area contributed by atoms with E-state index in [0.717, 1.165) is 17.7 Å². The van der Waals surface area contributed by atoms with Crippen LogP contribution in [0.3, 0.4) is 0 Å². The van der Waals surface area contributed by atoms with E-state index in [1.165, 1.54) is 11.3 Å². The molecule has 0 saturated carbocycles. The van der Waals surface area contributed by atoms with E-state index >= 15 is 0 Å². The first-order valence-corrected chi connectivity index (χ1v) is 10.2. The van der Waals surface area contributed by atoms with Crippen LogP contribution in [0.4, 0.5) is 0 Å². The molecule has 1 aliphatic heterocycles. The standard InChI is InChI=1S/C16H19N3O3S2/c1-3-10(4-2)18-15(20)16-19-14-11-7-5-6-8-13(11)24(21,22)17-9-12(14)23-16/h5-8,10,17H,3-4,9H2,1-2H3,(H,18,20). The van der Waals surface area contributed by atoms with E-state index in [1.54, 1.807) is 24.3 Å². The normalized spacial score (nSPS) is 15.5. The fourth-order valence-corrected chi connectivity index (χ4v) is 4.87. The fourth-order valence-electron chi connectivity index (χ4n) is 2.65. The lowest BCUT2D eigenvalue weighted by atomic mass is 10.1. The third kappa shape index (κ3) is 3.09. The van der Waals surface area contributed by atoms with E-state index in [-0.39, 0.29) is 23.4 Å². The fraction of sp³-hybridized carbons (Fsp3) is 0.375. The maximum Gasteiger partial charge on any atom is 0.280 e. The van der Waals surface area contributed by atoms with Gasteiger partial charge in [0.1, 0.15) is 0 Å². The van der Waals surface area contributed by atoms with Crippen molar-refractivity contribution < 1.29 is 13.2 Å². The number of benzene rings is 1. The molecule has 0 fully saturated rings. The quantitative estimate of drug-likeness (QED) is 0.871. The summed E-state index contributed by atoms with van der Waals surface area (Å²) < 4.78 is 27.1. The molecule has 8 heteroatoms. The zero-order valence-corrected chi connectivity index (χ0v) is 15.1. The molecule has 1 aromatic heterocycles. The lowest BCUT2D eigenvalue weighted by Gasteiger charge is -2.13. The van der Waals surface area contributed by atoms with Gasteiger partial charge in [-0.2, -0.15) is 0 Å². The van der Waals surface area contributed by atoms with Crippen LogP contribution in [-0.2, 0) is 16.6 Å². The number of nitrogens with one attached hydrogen (secondary N) is 2. The number of sulfonamides is 1. The van der Waals surface area contributed by atoms with Gasteiger partial charge in [0.05, 0.1) is 10.6 Å². The van der Waals surface area contributed by atoms with Crippen LogP contribution in [0.25, 0.3) is 11.3 Å². The number of hydrogen-bond donors (Lipinski definition) is 2.